The number of ether oxygens (including phenoxy) is 1. The van der Waals surface area contributed by atoms with Crippen molar-refractivity contribution in [2.24, 2.45) is 0 Å². The molecule has 0 N–H and O–H groups in total. The molecular weight excluding hydrogens is 431 g/mol. The van der Waals surface area contributed by atoms with E-state index in [1.165, 1.54) is 12.1 Å². The summed E-state index contributed by atoms with van der Waals surface area (Å²) in [6.07, 6.45) is -0.0214. The normalized spacial score (nSPS) is 17.9. The first kappa shape index (κ1) is 23.3. The van der Waals surface area contributed by atoms with Crippen LogP contribution in [0.3, 0.4) is 0 Å². The first-order chi connectivity index (χ1) is 15.8. The highest BCUT2D eigenvalue weighted by Gasteiger charge is 2.30. The van der Waals surface area contributed by atoms with E-state index in [0.29, 0.717) is 24.6 Å². The minimum absolute atomic E-state index is 0.0103. The zero-order valence-corrected chi connectivity index (χ0v) is 18.6. The number of rotatable bonds is 5. The highest BCUT2D eigenvalue weighted by Crippen LogP contribution is 2.32. The summed E-state index contributed by atoms with van der Waals surface area (Å²) in [5.41, 5.74) is 1.43. The Morgan fingerprint density at radius 3 is 2.36 bits per heavy atom. The fourth-order valence-corrected chi connectivity index (χ4v) is 4.07. The van der Waals surface area contributed by atoms with Crippen LogP contribution in [0.1, 0.15) is 16.7 Å². The van der Waals surface area contributed by atoms with E-state index in [1.807, 2.05) is 29.2 Å². The van der Waals surface area contributed by atoms with Gasteiger partial charge in [-0.25, -0.2) is 0 Å². The molecular formula is C25H28F3N3O2. The van der Waals surface area contributed by atoms with Crippen molar-refractivity contribution in [3.63, 3.8) is 0 Å². The average molecular weight is 460 g/mol. The SMILES string of the molecule is CN1CCN(C/C=C/C(=O)N2CCc3ccc(Oc4ccc(C(F)(F)F)cc4)cc3C2)CC1. The van der Waals surface area contributed by atoms with Gasteiger partial charge in [0.05, 0.1) is 5.56 Å². The summed E-state index contributed by atoms with van der Waals surface area (Å²) < 4.78 is 44.0. The molecule has 1 amide bonds. The predicted molar refractivity (Wildman–Crippen MR) is 120 cm³/mol. The Bertz CT molecular complexity index is 997. The Morgan fingerprint density at radius 1 is 0.970 bits per heavy atom. The Kier molecular flexibility index (Phi) is 7.05. The van der Waals surface area contributed by atoms with Gasteiger partial charge in [0.25, 0.3) is 0 Å². The van der Waals surface area contributed by atoms with Crippen LogP contribution in [0.4, 0.5) is 13.2 Å². The highest BCUT2D eigenvalue weighted by molar-refractivity contribution is 5.87. The second-order valence-corrected chi connectivity index (χ2v) is 8.57. The number of alkyl halides is 3. The van der Waals surface area contributed by atoms with Crippen LogP contribution in [-0.4, -0.2) is 66.9 Å². The lowest BCUT2D eigenvalue weighted by molar-refractivity contribution is -0.137. The van der Waals surface area contributed by atoms with Crippen molar-refractivity contribution in [2.75, 3.05) is 46.3 Å². The van der Waals surface area contributed by atoms with Crippen molar-refractivity contribution in [2.45, 2.75) is 19.1 Å². The molecule has 0 unspecified atom stereocenters. The van der Waals surface area contributed by atoms with Crippen molar-refractivity contribution in [3.05, 3.63) is 71.3 Å². The van der Waals surface area contributed by atoms with Gasteiger partial charge >= 0.3 is 6.18 Å². The third-order valence-corrected chi connectivity index (χ3v) is 6.14. The van der Waals surface area contributed by atoms with E-state index in [4.69, 9.17) is 4.74 Å². The van der Waals surface area contributed by atoms with E-state index in [-0.39, 0.29) is 5.91 Å². The van der Waals surface area contributed by atoms with Gasteiger partial charge in [0, 0.05) is 51.9 Å². The maximum atomic E-state index is 12.7. The lowest BCUT2D eigenvalue weighted by atomic mass is 9.99. The Morgan fingerprint density at radius 2 is 1.67 bits per heavy atom. The molecule has 5 nitrogen and oxygen atoms in total. The largest absolute Gasteiger partial charge is 0.457 e. The minimum Gasteiger partial charge on any atom is -0.457 e. The molecule has 0 spiro atoms. The van der Waals surface area contributed by atoms with Crippen molar-refractivity contribution < 1.29 is 22.7 Å². The molecule has 2 heterocycles. The van der Waals surface area contributed by atoms with Crippen LogP contribution in [-0.2, 0) is 23.9 Å². The van der Waals surface area contributed by atoms with Gasteiger partial charge in [-0.05, 0) is 61.0 Å². The summed E-state index contributed by atoms with van der Waals surface area (Å²) in [5.74, 6) is 0.857. The number of fused-ring (bicyclic) bond motifs is 1. The lowest BCUT2D eigenvalue weighted by Crippen LogP contribution is -2.44. The lowest BCUT2D eigenvalue weighted by Gasteiger charge is -2.31. The Balaban J connectivity index is 1.34. The smallest absolute Gasteiger partial charge is 0.416 e. The highest BCUT2D eigenvalue weighted by atomic mass is 19.4. The van der Waals surface area contributed by atoms with E-state index >= 15 is 0 Å². The maximum absolute atomic E-state index is 12.7. The molecule has 33 heavy (non-hydrogen) atoms. The minimum atomic E-state index is -4.38. The number of likely N-dealkylation sites (N-methyl/N-ethyl adjacent to an activating group) is 1. The maximum Gasteiger partial charge on any atom is 0.416 e. The third-order valence-electron chi connectivity index (χ3n) is 6.14. The molecule has 0 aliphatic carbocycles. The molecule has 2 aromatic carbocycles. The summed E-state index contributed by atoms with van der Waals surface area (Å²) >= 11 is 0. The number of carbonyl (C=O) groups is 1. The van der Waals surface area contributed by atoms with Crippen molar-refractivity contribution in [1.82, 2.24) is 14.7 Å². The van der Waals surface area contributed by atoms with Crippen molar-refractivity contribution >= 4 is 5.91 Å². The van der Waals surface area contributed by atoms with Crippen LogP contribution >= 0.6 is 0 Å². The van der Waals surface area contributed by atoms with E-state index in [2.05, 4.69) is 16.8 Å². The molecule has 0 radical (unpaired) electrons. The molecule has 0 aromatic heterocycles. The quantitative estimate of drug-likeness (QED) is 0.629. The first-order valence-electron chi connectivity index (χ1n) is 11.1. The van der Waals surface area contributed by atoms with Crippen molar-refractivity contribution in [1.29, 1.82) is 0 Å². The van der Waals surface area contributed by atoms with Crippen molar-refractivity contribution in [3.8, 4) is 11.5 Å². The molecule has 2 aliphatic heterocycles. The van der Waals surface area contributed by atoms with Gasteiger partial charge in [-0.2, -0.15) is 13.2 Å². The summed E-state index contributed by atoms with van der Waals surface area (Å²) in [7, 11) is 2.12. The Hall–Kier alpha value is -2.84. The fourth-order valence-electron chi connectivity index (χ4n) is 4.07. The molecule has 1 saturated heterocycles. The summed E-state index contributed by atoms with van der Waals surface area (Å²) in [4.78, 5) is 19.1. The molecule has 0 saturated carbocycles. The van der Waals surface area contributed by atoms with E-state index < -0.39 is 11.7 Å². The summed E-state index contributed by atoms with van der Waals surface area (Å²) in [5, 5.41) is 0. The van der Waals surface area contributed by atoms with Crippen LogP contribution in [0.5, 0.6) is 11.5 Å². The third kappa shape index (κ3) is 6.15. The molecule has 4 rings (SSSR count). The Labute approximate surface area is 192 Å². The molecule has 176 valence electrons. The van der Waals surface area contributed by atoms with Crippen LogP contribution in [0.2, 0.25) is 0 Å². The van der Waals surface area contributed by atoms with Crippen LogP contribution in [0.15, 0.2) is 54.6 Å². The van der Waals surface area contributed by atoms with Gasteiger partial charge in [-0.3, -0.25) is 9.69 Å². The second kappa shape index (κ2) is 9.97. The van der Waals surface area contributed by atoms with Gasteiger partial charge in [0.2, 0.25) is 5.91 Å². The van der Waals surface area contributed by atoms with Gasteiger partial charge in [0.15, 0.2) is 0 Å². The first-order valence-corrected chi connectivity index (χ1v) is 11.1. The predicted octanol–water partition coefficient (Wildman–Crippen LogP) is 4.19. The number of nitrogens with zero attached hydrogens (tertiary/aromatic N) is 3. The van der Waals surface area contributed by atoms with E-state index in [1.54, 1.807) is 6.08 Å². The van der Waals surface area contributed by atoms with Crippen LogP contribution in [0.25, 0.3) is 0 Å². The molecule has 2 aliphatic rings. The van der Waals surface area contributed by atoms with Gasteiger partial charge in [-0.1, -0.05) is 12.1 Å². The number of hydrogen-bond donors (Lipinski definition) is 0. The zero-order chi connectivity index (χ0) is 23.4. The van der Waals surface area contributed by atoms with Crippen LogP contribution < -0.4 is 4.74 Å². The molecule has 2 aromatic rings. The average Bonchev–Trinajstić information content (AvgIpc) is 2.79. The molecule has 8 heteroatoms. The zero-order valence-electron chi connectivity index (χ0n) is 18.6. The number of halogens is 3. The number of hydrogen-bond acceptors (Lipinski definition) is 4. The standard InChI is InChI=1S/C25H28F3N3O2/c1-29-13-15-30(16-14-29)11-2-3-24(32)31-12-10-19-4-7-23(17-20(19)18-31)33-22-8-5-21(6-9-22)25(26,27)28/h2-9,17H,10-16,18H2,1H3/b3-2+. The van der Waals surface area contributed by atoms with E-state index in [9.17, 15) is 18.0 Å². The summed E-state index contributed by atoms with van der Waals surface area (Å²) in [6, 6.07) is 10.3. The number of benzene rings is 2. The summed E-state index contributed by atoms with van der Waals surface area (Å²) in [6.45, 7) is 6.01. The second-order valence-electron chi connectivity index (χ2n) is 8.57. The monoisotopic (exact) mass is 459 g/mol. The fraction of sp³-hybridized carbons (Fsp3) is 0.400. The number of piperazine rings is 1. The molecule has 1 fully saturated rings. The van der Waals surface area contributed by atoms with Crippen LogP contribution in [0, 0.1) is 0 Å². The van der Waals surface area contributed by atoms with Gasteiger partial charge in [0.1, 0.15) is 11.5 Å². The van der Waals surface area contributed by atoms with Gasteiger partial charge in [-0.15, -0.1) is 0 Å². The molecule has 0 atom stereocenters. The van der Waals surface area contributed by atoms with E-state index in [0.717, 1.165) is 62.4 Å². The molecule has 0 bridgehead atoms. The number of carbonyl (C=O) groups excluding carboxylic acids is 1. The number of amides is 1. The van der Waals surface area contributed by atoms with Gasteiger partial charge < -0.3 is 14.5 Å². The topological polar surface area (TPSA) is 36.0 Å².